The van der Waals surface area contributed by atoms with E-state index in [1.807, 2.05) is 0 Å². The normalized spacial score (nSPS) is 15.8. The first-order valence-electron chi connectivity index (χ1n) is 7.57. The molecule has 2 rings (SSSR count). The Morgan fingerprint density at radius 1 is 1.36 bits per heavy atom. The molecule has 0 unspecified atom stereocenters. The smallest absolute Gasteiger partial charge is 0.413 e. The molecule has 22 heavy (non-hydrogen) atoms. The monoisotopic (exact) mass is 308 g/mol. The lowest BCUT2D eigenvalue weighted by atomic mass is 10.1. The van der Waals surface area contributed by atoms with E-state index in [2.05, 4.69) is 10.3 Å². The summed E-state index contributed by atoms with van der Waals surface area (Å²) in [6, 6.07) is 0.200. The highest BCUT2D eigenvalue weighted by atomic mass is 16.4. The number of nitrogens with zero attached hydrogens (tertiary/aromatic N) is 3. The number of hydrogen-bond donors (Lipinski definition) is 2. The van der Waals surface area contributed by atoms with Crippen molar-refractivity contribution in [3.05, 3.63) is 12.0 Å². The van der Waals surface area contributed by atoms with Crippen molar-refractivity contribution < 1.29 is 14.7 Å². The molecule has 0 saturated heterocycles. The Morgan fingerprint density at radius 3 is 2.45 bits per heavy atom. The molecular weight excluding hydrogens is 284 g/mol. The maximum absolute atomic E-state index is 12.3. The van der Waals surface area contributed by atoms with Gasteiger partial charge in [0.05, 0.1) is 0 Å². The van der Waals surface area contributed by atoms with E-state index in [0.29, 0.717) is 0 Å². The molecule has 1 aromatic rings. The van der Waals surface area contributed by atoms with Crippen LogP contribution in [0.1, 0.15) is 57.1 Å². The fourth-order valence-corrected chi connectivity index (χ4v) is 2.82. The van der Waals surface area contributed by atoms with Crippen molar-refractivity contribution in [2.75, 3.05) is 4.90 Å². The first-order chi connectivity index (χ1) is 10.2. The second-order valence-electron chi connectivity index (χ2n) is 6.78. The third-order valence-corrected chi connectivity index (χ3v) is 3.85. The number of imidazole rings is 1. The number of carboxylic acid groups (broad SMARTS) is 1. The predicted molar refractivity (Wildman–Crippen MR) is 83.2 cm³/mol. The van der Waals surface area contributed by atoms with E-state index in [1.165, 1.54) is 4.90 Å². The lowest BCUT2D eigenvalue weighted by Gasteiger charge is -2.31. The van der Waals surface area contributed by atoms with Gasteiger partial charge in [0.2, 0.25) is 5.82 Å². The van der Waals surface area contributed by atoms with Crippen LogP contribution in [0.25, 0.3) is 0 Å². The van der Waals surface area contributed by atoms with Gasteiger partial charge in [0.1, 0.15) is 0 Å². The van der Waals surface area contributed by atoms with Crippen LogP contribution in [-0.2, 0) is 7.05 Å². The van der Waals surface area contributed by atoms with E-state index in [1.54, 1.807) is 38.6 Å². The molecule has 1 heterocycles. The number of amides is 2. The Morgan fingerprint density at radius 2 is 1.95 bits per heavy atom. The summed E-state index contributed by atoms with van der Waals surface area (Å²) >= 11 is 0. The third-order valence-electron chi connectivity index (χ3n) is 3.85. The van der Waals surface area contributed by atoms with Crippen LogP contribution in [0.2, 0.25) is 0 Å². The number of aryl methyl sites for hydroxylation is 1. The highest BCUT2D eigenvalue weighted by molar-refractivity contribution is 5.93. The molecule has 1 saturated carbocycles. The highest BCUT2D eigenvalue weighted by Gasteiger charge is 2.31. The van der Waals surface area contributed by atoms with Crippen molar-refractivity contribution in [2.45, 2.75) is 58.0 Å². The van der Waals surface area contributed by atoms with Gasteiger partial charge in [0, 0.05) is 24.8 Å². The summed E-state index contributed by atoms with van der Waals surface area (Å²) in [6.07, 6.45) is 4.73. The van der Waals surface area contributed by atoms with E-state index in [-0.39, 0.29) is 23.6 Å². The van der Waals surface area contributed by atoms with Crippen LogP contribution in [0, 0.1) is 0 Å². The second-order valence-corrected chi connectivity index (χ2v) is 6.78. The number of hydrogen-bond acceptors (Lipinski definition) is 3. The molecule has 2 N–H and O–H groups in total. The van der Waals surface area contributed by atoms with E-state index in [9.17, 15) is 14.7 Å². The van der Waals surface area contributed by atoms with E-state index in [4.69, 9.17) is 0 Å². The average molecular weight is 308 g/mol. The molecule has 2 amide bonds. The van der Waals surface area contributed by atoms with Crippen LogP contribution in [0.3, 0.4) is 0 Å². The van der Waals surface area contributed by atoms with Gasteiger partial charge in [0.25, 0.3) is 5.91 Å². The molecule has 7 nitrogen and oxygen atoms in total. The molecule has 0 aliphatic heterocycles. The van der Waals surface area contributed by atoms with Gasteiger partial charge in [0.15, 0.2) is 5.82 Å². The predicted octanol–water partition coefficient (Wildman–Crippen LogP) is 2.38. The SMILES string of the molecule is Cn1cc(N(C(=O)O)C(C)(C)C)nc1C(=O)NC1CCCC1. The molecule has 0 bridgehead atoms. The number of anilines is 1. The van der Waals surface area contributed by atoms with Gasteiger partial charge in [-0.15, -0.1) is 0 Å². The number of carbonyl (C=O) groups excluding carboxylic acids is 1. The highest BCUT2D eigenvalue weighted by Crippen LogP contribution is 2.23. The first-order valence-corrected chi connectivity index (χ1v) is 7.57. The quantitative estimate of drug-likeness (QED) is 0.897. The molecule has 0 spiro atoms. The molecule has 0 atom stereocenters. The van der Waals surface area contributed by atoms with Gasteiger partial charge in [-0.3, -0.25) is 9.69 Å². The molecule has 122 valence electrons. The van der Waals surface area contributed by atoms with Crippen LogP contribution >= 0.6 is 0 Å². The molecule has 1 aromatic heterocycles. The zero-order valence-corrected chi connectivity index (χ0v) is 13.6. The summed E-state index contributed by atoms with van der Waals surface area (Å²) in [5.74, 6) is 0.247. The van der Waals surface area contributed by atoms with Crippen molar-refractivity contribution in [3.63, 3.8) is 0 Å². The van der Waals surface area contributed by atoms with E-state index >= 15 is 0 Å². The molecule has 1 fully saturated rings. The number of carbonyl (C=O) groups is 2. The Kier molecular flexibility index (Phi) is 4.44. The van der Waals surface area contributed by atoms with Crippen LogP contribution in [-0.4, -0.2) is 38.2 Å². The summed E-state index contributed by atoms with van der Waals surface area (Å²) in [6.45, 7) is 5.36. The first kappa shape index (κ1) is 16.3. The van der Waals surface area contributed by atoms with Crippen LogP contribution in [0.4, 0.5) is 10.6 Å². The molecule has 7 heteroatoms. The summed E-state index contributed by atoms with van der Waals surface area (Å²) in [7, 11) is 1.70. The fourth-order valence-electron chi connectivity index (χ4n) is 2.82. The minimum atomic E-state index is -1.09. The zero-order valence-electron chi connectivity index (χ0n) is 13.6. The Hall–Kier alpha value is -2.05. The lowest BCUT2D eigenvalue weighted by molar-refractivity contribution is 0.0924. The van der Waals surface area contributed by atoms with E-state index in [0.717, 1.165) is 25.7 Å². The van der Waals surface area contributed by atoms with Gasteiger partial charge in [-0.1, -0.05) is 12.8 Å². The van der Waals surface area contributed by atoms with Gasteiger partial charge in [-0.25, -0.2) is 9.78 Å². The third kappa shape index (κ3) is 3.40. The average Bonchev–Trinajstić information content (AvgIpc) is 2.96. The maximum Gasteiger partial charge on any atom is 0.413 e. The molecule has 0 aromatic carbocycles. The van der Waals surface area contributed by atoms with Crippen LogP contribution < -0.4 is 10.2 Å². The van der Waals surface area contributed by atoms with Crippen molar-refractivity contribution in [2.24, 2.45) is 7.05 Å². The van der Waals surface area contributed by atoms with Crippen LogP contribution in [0.15, 0.2) is 6.20 Å². The van der Waals surface area contributed by atoms with Gasteiger partial charge < -0.3 is 15.0 Å². The molecule has 1 aliphatic rings. The van der Waals surface area contributed by atoms with Crippen LogP contribution in [0.5, 0.6) is 0 Å². The van der Waals surface area contributed by atoms with Crippen molar-refractivity contribution in [3.8, 4) is 0 Å². The van der Waals surface area contributed by atoms with E-state index < -0.39 is 11.6 Å². The standard InChI is InChI=1S/C15H24N4O3/c1-15(2,3)19(14(21)22)11-9-18(4)12(17-11)13(20)16-10-7-5-6-8-10/h9-10H,5-8H2,1-4H3,(H,16,20)(H,21,22). The van der Waals surface area contributed by atoms with Gasteiger partial charge in [-0.05, 0) is 33.6 Å². The largest absolute Gasteiger partial charge is 0.465 e. The number of nitrogens with one attached hydrogen (secondary N) is 1. The molecular formula is C15H24N4O3. The number of aromatic nitrogens is 2. The zero-order chi connectivity index (χ0) is 16.5. The molecule has 1 aliphatic carbocycles. The molecule has 0 radical (unpaired) electrons. The van der Waals surface area contributed by atoms with Gasteiger partial charge in [-0.2, -0.15) is 0 Å². The summed E-state index contributed by atoms with van der Waals surface area (Å²) in [4.78, 5) is 29.2. The Labute approximate surface area is 130 Å². The minimum Gasteiger partial charge on any atom is -0.465 e. The summed E-state index contributed by atoms with van der Waals surface area (Å²) in [5, 5.41) is 12.4. The minimum absolute atomic E-state index is 0.200. The number of rotatable bonds is 3. The fraction of sp³-hybridized carbons (Fsp3) is 0.667. The summed E-state index contributed by atoms with van der Waals surface area (Å²) in [5.41, 5.74) is -0.639. The maximum atomic E-state index is 12.3. The summed E-state index contributed by atoms with van der Waals surface area (Å²) < 4.78 is 1.57. The Bertz CT molecular complexity index is 568. The van der Waals surface area contributed by atoms with Crippen molar-refractivity contribution >= 4 is 17.8 Å². The lowest BCUT2D eigenvalue weighted by Crippen LogP contribution is -2.45. The topological polar surface area (TPSA) is 87.5 Å². The van der Waals surface area contributed by atoms with Gasteiger partial charge >= 0.3 is 6.09 Å². The van der Waals surface area contributed by atoms with Crippen molar-refractivity contribution in [1.29, 1.82) is 0 Å². The second kappa shape index (κ2) is 5.98. The van der Waals surface area contributed by atoms with Crippen molar-refractivity contribution in [1.82, 2.24) is 14.9 Å². The Balaban J connectivity index is 2.22.